The van der Waals surface area contributed by atoms with Gasteiger partial charge in [0, 0.05) is 43.1 Å². The van der Waals surface area contributed by atoms with Gasteiger partial charge in [0.1, 0.15) is 0 Å². The fourth-order valence-corrected chi connectivity index (χ4v) is 4.71. The number of hydrogen-bond acceptors (Lipinski definition) is 6. The Morgan fingerprint density at radius 3 is 2.29 bits per heavy atom. The molecule has 1 aromatic heterocycles. The molecule has 0 spiro atoms. The quantitative estimate of drug-likeness (QED) is 0.795. The lowest BCUT2D eigenvalue weighted by Gasteiger charge is -2.33. The topological polar surface area (TPSA) is 79.5 Å². The van der Waals surface area contributed by atoms with E-state index in [1.807, 2.05) is 0 Å². The maximum absolute atomic E-state index is 12.7. The van der Waals surface area contributed by atoms with Crippen LogP contribution in [0, 0.1) is 6.92 Å². The fourth-order valence-electron chi connectivity index (χ4n) is 2.56. The molecule has 10 heteroatoms. The molecule has 1 aliphatic rings. The van der Waals surface area contributed by atoms with Gasteiger partial charge in [-0.25, -0.2) is 8.42 Å². The molecule has 0 saturated carbocycles. The Kier molecular flexibility index (Phi) is 5.12. The second-order valence-electron chi connectivity index (χ2n) is 5.52. The van der Waals surface area contributed by atoms with E-state index in [1.165, 1.54) is 22.5 Å². The van der Waals surface area contributed by atoms with Gasteiger partial charge in [0.15, 0.2) is 5.82 Å². The van der Waals surface area contributed by atoms with Crippen LogP contribution in [0.5, 0.6) is 0 Å². The average Bonchev–Trinajstić information content (AvgIpc) is 2.92. The third kappa shape index (κ3) is 3.89. The molecule has 2 aromatic rings. The predicted molar refractivity (Wildman–Crippen MR) is 89.5 cm³/mol. The van der Waals surface area contributed by atoms with Crippen molar-refractivity contribution in [1.29, 1.82) is 0 Å². The molecule has 7 nitrogen and oxygen atoms in total. The first kappa shape index (κ1) is 17.6. The normalized spacial score (nSPS) is 17.3. The van der Waals surface area contributed by atoms with Gasteiger partial charge in [0.2, 0.25) is 15.9 Å². The van der Waals surface area contributed by atoms with Crippen LogP contribution in [0.15, 0.2) is 27.6 Å². The largest absolute Gasteiger partial charge is 0.340 e. The van der Waals surface area contributed by atoms with Crippen LogP contribution in [0.1, 0.15) is 11.7 Å². The van der Waals surface area contributed by atoms with Crippen molar-refractivity contribution in [3.05, 3.63) is 40.0 Å². The van der Waals surface area contributed by atoms with Crippen molar-refractivity contribution >= 4 is 33.2 Å². The highest BCUT2D eigenvalue weighted by Crippen LogP contribution is 2.25. The number of benzene rings is 1. The highest BCUT2D eigenvalue weighted by Gasteiger charge is 2.29. The number of aryl methyl sites for hydroxylation is 1. The highest BCUT2D eigenvalue weighted by atomic mass is 35.5. The maximum Gasteiger partial charge on any atom is 0.243 e. The summed E-state index contributed by atoms with van der Waals surface area (Å²) in [6.45, 7) is 4.19. The summed E-state index contributed by atoms with van der Waals surface area (Å²) >= 11 is 11.8. The second-order valence-corrected chi connectivity index (χ2v) is 8.33. The third-order valence-electron chi connectivity index (χ3n) is 3.74. The van der Waals surface area contributed by atoms with Crippen molar-refractivity contribution in [3.63, 3.8) is 0 Å². The van der Waals surface area contributed by atoms with Crippen molar-refractivity contribution in [2.75, 3.05) is 26.2 Å². The first-order valence-corrected chi connectivity index (χ1v) is 9.52. The molecule has 1 saturated heterocycles. The maximum atomic E-state index is 12.7. The Balaban J connectivity index is 1.67. The number of piperazine rings is 1. The average molecular weight is 391 g/mol. The van der Waals surface area contributed by atoms with Gasteiger partial charge in [0.05, 0.1) is 11.4 Å². The van der Waals surface area contributed by atoms with E-state index in [9.17, 15) is 8.42 Å². The minimum atomic E-state index is -3.61. The molecule has 1 aliphatic heterocycles. The minimum Gasteiger partial charge on any atom is -0.340 e. The molecule has 0 N–H and O–H groups in total. The third-order valence-corrected chi connectivity index (χ3v) is 6.05. The Hall–Kier alpha value is -1.19. The van der Waals surface area contributed by atoms with Gasteiger partial charge in [0.25, 0.3) is 0 Å². The van der Waals surface area contributed by atoms with Crippen molar-refractivity contribution < 1.29 is 12.9 Å². The van der Waals surface area contributed by atoms with Crippen LogP contribution >= 0.6 is 23.2 Å². The summed E-state index contributed by atoms with van der Waals surface area (Å²) in [7, 11) is -3.61. The highest BCUT2D eigenvalue weighted by molar-refractivity contribution is 7.89. The van der Waals surface area contributed by atoms with Gasteiger partial charge in [-0.1, -0.05) is 28.4 Å². The molecular formula is C14H16Cl2N4O3S. The minimum absolute atomic E-state index is 0.113. The van der Waals surface area contributed by atoms with E-state index in [0.717, 1.165) is 0 Å². The summed E-state index contributed by atoms with van der Waals surface area (Å²) in [4.78, 5) is 6.36. The molecule has 1 aromatic carbocycles. The summed E-state index contributed by atoms with van der Waals surface area (Å²) in [5, 5.41) is 4.45. The van der Waals surface area contributed by atoms with E-state index in [1.54, 1.807) is 6.92 Å². The van der Waals surface area contributed by atoms with E-state index < -0.39 is 10.0 Å². The van der Waals surface area contributed by atoms with Crippen LogP contribution in [0.2, 0.25) is 10.0 Å². The summed E-state index contributed by atoms with van der Waals surface area (Å²) < 4.78 is 31.8. The Morgan fingerprint density at radius 2 is 1.75 bits per heavy atom. The zero-order valence-electron chi connectivity index (χ0n) is 12.9. The molecule has 0 unspecified atom stereocenters. The van der Waals surface area contributed by atoms with E-state index in [0.29, 0.717) is 54.5 Å². The van der Waals surface area contributed by atoms with Crippen molar-refractivity contribution in [2.24, 2.45) is 0 Å². The lowest BCUT2D eigenvalue weighted by Crippen LogP contribution is -2.48. The van der Waals surface area contributed by atoms with E-state index in [-0.39, 0.29) is 4.90 Å². The van der Waals surface area contributed by atoms with Crippen LogP contribution in [-0.4, -0.2) is 53.9 Å². The smallest absolute Gasteiger partial charge is 0.243 e. The predicted octanol–water partition coefficient (Wildman–Crippen LogP) is 2.19. The first-order valence-electron chi connectivity index (χ1n) is 7.32. The van der Waals surface area contributed by atoms with Crippen molar-refractivity contribution in [3.8, 4) is 0 Å². The van der Waals surface area contributed by atoms with Crippen LogP contribution < -0.4 is 0 Å². The number of aromatic nitrogens is 2. The SMILES string of the molecule is Cc1nc(CN2CCN(S(=O)(=O)c3cc(Cl)cc(Cl)c3)CC2)no1. The number of nitrogens with zero attached hydrogens (tertiary/aromatic N) is 4. The molecule has 24 heavy (non-hydrogen) atoms. The Labute approximate surface area is 150 Å². The number of sulfonamides is 1. The summed E-state index contributed by atoms with van der Waals surface area (Å²) in [6, 6.07) is 4.33. The molecule has 1 fully saturated rings. The second kappa shape index (κ2) is 6.97. The van der Waals surface area contributed by atoms with Crippen LogP contribution in [0.4, 0.5) is 0 Å². The monoisotopic (exact) mass is 390 g/mol. The Morgan fingerprint density at radius 1 is 1.12 bits per heavy atom. The molecule has 0 amide bonds. The van der Waals surface area contributed by atoms with Crippen molar-refractivity contribution in [1.82, 2.24) is 19.3 Å². The lowest BCUT2D eigenvalue weighted by atomic mass is 10.3. The Bertz CT molecular complexity index is 812. The molecular weight excluding hydrogens is 375 g/mol. The zero-order chi connectivity index (χ0) is 17.3. The molecule has 3 rings (SSSR count). The summed E-state index contributed by atoms with van der Waals surface area (Å²) in [5.41, 5.74) is 0. The first-order chi connectivity index (χ1) is 11.3. The van der Waals surface area contributed by atoms with Crippen LogP contribution in [0.3, 0.4) is 0 Å². The molecule has 130 valence electrons. The summed E-state index contributed by atoms with van der Waals surface area (Å²) in [5.74, 6) is 1.12. The van der Waals surface area contributed by atoms with Gasteiger partial charge in [-0.15, -0.1) is 0 Å². The molecule has 0 aliphatic carbocycles. The standard InChI is InChI=1S/C14H16Cl2N4O3S/c1-10-17-14(18-23-10)9-19-2-4-20(5-3-19)24(21,22)13-7-11(15)6-12(16)8-13/h6-8H,2-5,9H2,1H3. The van der Waals surface area contributed by atoms with Crippen LogP contribution in [0.25, 0.3) is 0 Å². The molecule has 0 bridgehead atoms. The van der Waals surface area contributed by atoms with Crippen molar-refractivity contribution in [2.45, 2.75) is 18.4 Å². The zero-order valence-corrected chi connectivity index (χ0v) is 15.3. The van der Waals surface area contributed by atoms with Crippen LogP contribution in [-0.2, 0) is 16.6 Å². The van der Waals surface area contributed by atoms with Gasteiger partial charge in [-0.05, 0) is 18.2 Å². The van der Waals surface area contributed by atoms with Gasteiger partial charge in [-0.2, -0.15) is 9.29 Å². The lowest BCUT2D eigenvalue weighted by molar-refractivity contribution is 0.176. The van der Waals surface area contributed by atoms with E-state index >= 15 is 0 Å². The van der Waals surface area contributed by atoms with E-state index in [4.69, 9.17) is 27.7 Å². The molecule has 0 radical (unpaired) electrons. The molecule has 2 heterocycles. The van der Waals surface area contributed by atoms with Gasteiger partial charge in [-0.3, -0.25) is 4.90 Å². The fraction of sp³-hybridized carbons (Fsp3) is 0.429. The summed E-state index contributed by atoms with van der Waals surface area (Å²) in [6.07, 6.45) is 0. The number of hydrogen-bond donors (Lipinski definition) is 0. The van der Waals surface area contributed by atoms with E-state index in [2.05, 4.69) is 15.0 Å². The molecule has 0 atom stereocenters. The number of rotatable bonds is 4. The number of halogens is 2. The van der Waals surface area contributed by atoms with Gasteiger partial charge < -0.3 is 4.52 Å². The van der Waals surface area contributed by atoms with Gasteiger partial charge >= 0.3 is 0 Å².